The molecule has 0 aliphatic carbocycles. The lowest BCUT2D eigenvalue weighted by Crippen LogP contribution is -2.40. The first-order valence-corrected chi connectivity index (χ1v) is 6.39. The van der Waals surface area contributed by atoms with Crippen LogP contribution in [0.2, 0.25) is 0 Å². The highest BCUT2D eigenvalue weighted by atomic mass is 16.6. The molecule has 2 rings (SSSR count). The van der Waals surface area contributed by atoms with Gasteiger partial charge in [0.1, 0.15) is 5.60 Å². The SMILES string of the molecule is C[C@]1(C(=O)[C@@H](N)Cc2ccc(CNC(=O)O)cc2)CO1. The van der Waals surface area contributed by atoms with Crippen LogP contribution in [-0.2, 0) is 22.5 Å². The van der Waals surface area contributed by atoms with Crippen molar-refractivity contribution in [3.05, 3.63) is 35.4 Å². The predicted molar refractivity (Wildman–Crippen MR) is 72.3 cm³/mol. The third-order valence-electron chi connectivity index (χ3n) is 3.36. The van der Waals surface area contributed by atoms with Crippen LogP contribution in [0.15, 0.2) is 24.3 Å². The highest BCUT2D eigenvalue weighted by Crippen LogP contribution is 2.28. The Hall–Kier alpha value is -1.92. The summed E-state index contributed by atoms with van der Waals surface area (Å²) in [5.41, 5.74) is 7.00. The largest absolute Gasteiger partial charge is 0.465 e. The molecule has 1 aromatic carbocycles. The monoisotopic (exact) mass is 278 g/mol. The summed E-state index contributed by atoms with van der Waals surface area (Å²) in [6.07, 6.45) is -0.607. The number of nitrogens with two attached hydrogens (primary N) is 1. The summed E-state index contributed by atoms with van der Waals surface area (Å²) in [6.45, 7) is 2.45. The third kappa shape index (κ3) is 3.55. The van der Waals surface area contributed by atoms with Crippen molar-refractivity contribution in [1.29, 1.82) is 0 Å². The average molecular weight is 278 g/mol. The fourth-order valence-corrected chi connectivity index (χ4v) is 1.96. The quantitative estimate of drug-likeness (QED) is 0.664. The molecule has 4 N–H and O–H groups in total. The zero-order valence-electron chi connectivity index (χ0n) is 11.3. The molecule has 0 spiro atoms. The van der Waals surface area contributed by atoms with Gasteiger partial charge in [-0.1, -0.05) is 24.3 Å². The summed E-state index contributed by atoms with van der Waals surface area (Å²) in [6, 6.07) is 6.75. The molecule has 0 aromatic heterocycles. The Balaban J connectivity index is 1.90. The first-order valence-electron chi connectivity index (χ1n) is 6.39. The van der Waals surface area contributed by atoms with Crippen molar-refractivity contribution in [2.45, 2.75) is 31.5 Å². The standard InChI is InChI=1S/C14H18N2O4/c1-14(8-20-14)12(17)11(15)6-9-2-4-10(5-3-9)7-16-13(18)19/h2-5,11,16H,6-8,15H2,1H3,(H,18,19)/t11-,14+/m0/s1. The summed E-state index contributed by atoms with van der Waals surface area (Å²) in [5, 5.41) is 10.8. The van der Waals surface area contributed by atoms with E-state index in [0.717, 1.165) is 11.1 Å². The molecule has 1 aliphatic heterocycles. The Kier molecular flexibility index (Phi) is 4.06. The number of carbonyl (C=O) groups is 2. The second-order valence-electron chi connectivity index (χ2n) is 5.17. The second kappa shape index (κ2) is 5.60. The topological polar surface area (TPSA) is 105 Å². The van der Waals surface area contributed by atoms with E-state index in [1.54, 1.807) is 6.92 Å². The van der Waals surface area contributed by atoms with Gasteiger partial charge in [-0.05, 0) is 24.5 Å². The highest BCUT2D eigenvalue weighted by molar-refractivity contribution is 5.93. The molecular formula is C14H18N2O4. The molecule has 1 aliphatic rings. The zero-order valence-corrected chi connectivity index (χ0v) is 11.3. The number of amides is 1. The molecule has 0 saturated carbocycles. The molecule has 2 atom stereocenters. The van der Waals surface area contributed by atoms with Crippen molar-refractivity contribution < 1.29 is 19.4 Å². The van der Waals surface area contributed by atoms with Crippen molar-refractivity contribution >= 4 is 11.9 Å². The lowest BCUT2D eigenvalue weighted by Gasteiger charge is -2.13. The Bertz CT molecular complexity index is 508. The second-order valence-corrected chi connectivity index (χ2v) is 5.17. The maximum atomic E-state index is 12.0. The zero-order chi connectivity index (χ0) is 14.8. The Morgan fingerprint density at radius 2 is 1.95 bits per heavy atom. The van der Waals surface area contributed by atoms with Gasteiger partial charge >= 0.3 is 6.09 Å². The number of carboxylic acid groups (broad SMARTS) is 1. The first-order chi connectivity index (χ1) is 9.40. The number of hydrogen-bond acceptors (Lipinski definition) is 4. The van der Waals surface area contributed by atoms with Crippen LogP contribution in [0.4, 0.5) is 4.79 Å². The van der Waals surface area contributed by atoms with Crippen LogP contribution in [0.25, 0.3) is 0 Å². The predicted octanol–water partition coefficient (Wildman–Crippen LogP) is 0.682. The van der Waals surface area contributed by atoms with Crippen molar-refractivity contribution in [2.24, 2.45) is 5.73 Å². The molecule has 6 heteroatoms. The molecule has 1 amide bonds. The van der Waals surface area contributed by atoms with Gasteiger partial charge in [0, 0.05) is 6.54 Å². The maximum Gasteiger partial charge on any atom is 0.404 e. The minimum absolute atomic E-state index is 0.0749. The average Bonchev–Trinajstić information content (AvgIpc) is 3.16. The third-order valence-corrected chi connectivity index (χ3v) is 3.36. The Labute approximate surface area is 116 Å². The Morgan fingerprint density at radius 3 is 2.45 bits per heavy atom. The molecule has 0 unspecified atom stereocenters. The molecule has 20 heavy (non-hydrogen) atoms. The van der Waals surface area contributed by atoms with Gasteiger partial charge in [0.05, 0.1) is 12.6 Å². The molecule has 1 heterocycles. The molecule has 1 saturated heterocycles. The number of nitrogens with one attached hydrogen (secondary N) is 1. The molecule has 0 bridgehead atoms. The molecule has 6 nitrogen and oxygen atoms in total. The van der Waals surface area contributed by atoms with Crippen LogP contribution in [-0.4, -0.2) is 35.2 Å². The minimum atomic E-state index is -1.06. The van der Waals surface area contributed by atoms with Gasteiger partial charge in [-0.2, -0.15) is 0 Å². The number of hydrogen-bond donors (Lipinski definition) is 3. The Morgan fingerprint density at radius 1 is 1.40 bits per heavy atom. The van der Waals surface area contributed by atoms with E-state index in [4.69, 9.17) is 15.6 Å². The summed E-state index contributed by atoms with van der Waals surface area (Å²) < 4.78 is 5.10. The fourth-order valence-electron chi connectivity index (χ4n) is 1.96. The number of epoxide rings is 1. The number of benzene rings is 1. The van der Waals surface area contributed by atoms with E-state index in [9.17, 15) is 9.59 Å². The van der Waals surface area contributed by atoms with Crippen LogP contribution in [0.5, 0.6) is 0 Å². The van der Waals surface area contributed by atoms with Crippen LogP contribution >= 0.6 is 0 Å². The van der Waals surface area contributed by atoms with E-state index in [2.05, 4.69) is 5.32 Å². The maximum absolute atomic E-state index is 12.0. The van der Waals surface area contributed by atoms with E-state index >= 15 is 0 Å². The number of Topliss-reactive ketones (excluding diaryl/α,β-unsaturated/α-hetero) is 1. The van der Waals surface area contributed by atoms with Crippen LogP contribution in [0.1, 0.15) is 18.1 Å². The van der Waals surface area contributed by atoms with Crippen LogP contribution in [0.3, 0.4) is 0 Å². The number of rotatable bonds is 6. The summed E-state index contributed by atoms with van der Waals surface area (Å²) in [5.74, 6) is -0.0749. The summed E-state index contributed by atoms with van der Waals surface area (Å²) in [7, 11) is 0. The lowest BCUT2D eigenvalue weighted by atomic mass is 9.95. The molecule has 1 aromatic rings. The van der Waals surface area contributed by atoms with Gasteiger partial charge in [-0.3, -0.25) is 4.79 Å². The van der Waals surface area contributed by atoms with Crippen molar-refractivity contribution in [3.63, 3.8) is 0 Å². The molecule has 108 valence electrons. The van der Waals surface area contributed by atoms with E-state index in [1.165, 1.54) is 0 Å². The molecule has 0 radical (unpaired) electrons. The number of carbonyl (C=O) groups excluding carboxylic acids is 1. The number of ketones is 1. The van der Waals surface area contributed by atoms with Crippen LogP contribution in [0, 0.1) is 0 Å². The van der Waals surface area contributed by atoms with Crippen molar-refractivity contribution in [3.8, 4) is 0 Å². The fraction of sp³-hybridized carbons (Fsp3) is 0.429. The summed E-state index contributed by atoms with van der Waals surface area (Å²) >= 11 is 0. The van der Waals surface area contributed by atoms with Gasteiger partial charge in [0.25, 0.3) is 0 Å². The molecular weight excluding hydrogens is 260 g/mol. The van der Waals surface area contributed by atoms with Crippen molar-refractivity contribution in [2.75, 3.05) is 6.61 Å². The van der Waals surface area contributed by atoms with E-state index in [0.29, 0.717) is 13.0 Å². The van der Waals surface area contributed by atoms with Gasteiger partial charge < -0.3 is 20.9 Å². The van der Waals surface area contributed by atoms with Crippen LogP contribution < -0.4 is 11.1 Å². The van der Waals surface area contributed by atoms with Crippen molar-refractivity contribution in [1.82, 2.24) is 5.32 Å². The van der Waals surface area contributed by atoms with Gasteiger partial charge in [-0.25, -0.2) is 4.79 Å². The highest BCUT2D eigenvalue weighted by Gasteiger charge is 2.48. The summed E-state index contributed by atoms with van der Waals surface area (Å²) in [4.78, 5) is 22.3. The first kappa shape index (κ1) is 14.5. The lowest BCUT2D eigenvalue weighted by molar-refractivity contribution is -0.124. The van der Waals surface area contributed by atoms with Gasteiger partial charge in [0.2, 0.25) is 0 Å². The normalized spacial score (nSPS) is 22.1. The van der Waals surface area contributed by atoms with Gasteiger partial charge in [-0.15, -0.1) is 0 Å². The van der Waals surface area contributed by atoms with Gasteiger partial charge in [0.15, 0.2) is 5.78 Å². The molecule has 1 fully saturated rings. The van der Waals surface area contributed by atoms with E-state index in [-0.39, 0.29) is 12.3 Å². The number of ether oxygens (including phenoxy) is 1. The van der Waals surface area contributed by atoms with E-state index < -0.39 is 17.7 Å². The minimum Gasteiger partial charge on any atom is -0.465 e. The van der Waals surface area contributed by atoms with E-state index in [1.807, 2.05) is 24.3 Å². The smallest absolute Gasteiger partial charge is 0.404 e.